The van der Waals surface area contributed by atoms with Crippen molar-refractivity contribution < 1.29 is 0 Å². The van der Waals surface area contributed by atoms with Gasteiger partial charge in [-0.3, -0.25) is 5.43 Å². The van der Waals surface area contributed by atoms with Gasteiger partial charge >= 0.3 is 0 Å². The Balaban J connectivity index is 1.80. The molecule has 1 aliphatic heterocycles. The van der Waals surface area contributed by atoms with Crippen LogP contribution in [0.5, 0.6) is 0 Å². The van der Waals surface area contributed by atoms with Crippen LogP contribution >= 0.6 is 35.0 Å². The molecule has 0 fully saturated rings. The largest absolute Gasteiger partial charge is 0.291 e. The summed E-state index contributed by atoms with van der Waals surface area (Å²) in [5, 5.41) is 6.69. The minimum absolute atomic E-state index is 0.0241. The fourth-order valence-corrected chi connectivity index (χ4v) is 3.58. The number of hydrogen-bond donors (Lipinski definition) is 1. The smallest absolute Gasteiger partial charge is 0.126 e. The average Bonchev–Trinajstić information content (AvgIpc) is 2.89. The van der Waals surface area contributed by atoms with Crippen molar-refractivity contribution in [1.82, 2.24) is 5.43 Å². The van der Waals surface area contributed by atoms with Crippen molar-refractivity contribution in [3.63, 3.8) is 0 Å². The summed E-state index contributed by atoms with van der Waals surface area (Å²) in [4.78, 5) is 0. The molecule has 0 aromatic heterocycles. The highest BCUT2D eigenvalue weighted by Crippen LogP contribution is 2.38. The second kappa shape index (κ2) is 5.68. The lowest BCUT2D eigenvalue weighted by Crippen LogP contribution is -2.07. The summed E-state index contributed by atoms with van der Waals surface area (Å²) < 4.78 is 0. The molecule has 2 aromatic carbocycles. The van der Waals surface area contributed by atoms with Gasteiger partial charge in [0.15, 0.2) is 0 Å². The van der Waals surface area contributed by atoms with Gasteiger partial charge in [-0.1, -0.05) is 70.9 Å². The number of nitrogens with zero attached hydrogens (tertiary/aromatic N) is 1. The second-order valence-corrected chi connectivity index (χ2v) is 6.51. The normalized spacial score (nSPS) is 17.8. The number of halogens is 2. The standard InChI is InChI=1S/C15H12Cl2N2S/c1-9-2-4-10(5-3-9)14-18-19-15(20-14)12-7-6-11(16)8-13(12)17/h2-8,15,19H,1H3/t15-/m1/s1. The van der Waals surface area contributed by atoms with E-state index in [9.17, 15) is 0 Å². The zero-order valence-corrected chi connectivity index (χ0v) is 13.1. The quantitative estimate of drug-likeness (QED) is 0.841. The minimum Gasteiger partial charge on any atom is -0.291 e. The van der Waals surface area contributed by atoms with Gasteiger partial charge in [0, 0.05) is 21.2 Å². The van der Waals surface area contributed by atoms with Crippen molar-refractivity contribution in [3.05, 3.63) is 69.2 Å². The Bertz CT molecular complexity index is 668. The molecule has 0 bridgehead atoms. The number of thioether (sulfide) groups is 1. The molecule has 0 amide bonds. The van der Waals surface area contributed by atoms with E-state index in [1.807, 2.05) is 12.1 Å². The van der Waals surface area contributed by atoms with E-state index in [0.717, 1.165) is 16.2 Å². The van der Waals surface area contributed by atoms with Gasteiger partial charge in [-0.15, -0.1) is 0 Å². The Morgan fingerprint density at radius 2 is 1.85 bits per heavy atom. The number of aryl methyl sites for hydroxylation is 1. The Morgan fingerprint density at radius 3 is 2.55 bits per heavy atom. The average molecular weight is 323 g/mol. The lowest BCUT2D eigenvalue weighted by molar-refractivity contribution is 0.744. The first-order chi connectivity index (χ1) is 9.63. The minimum atomic E-state index is 0.0241. The third-order valence-electron chi connectivity index (χ3n) is 3.06. The van der Waals surface area contributed by atoms with Crippen LogP contribution in [0.15, 0.2) is 47.6 Å². The molecule has 1 aliphatic rings. The molecule has 3 rings (SSSR count). The van der Waals surface area contributed by atoms with Crippen LogP contribution in [-0.4, -0.2) is 5.04 Å². The molecule has 5 heteroatoms. The summed E-state index contributed by atoms with van der Waals surface area (Å²) >= 11 is 13.8. The SMILES string of the molecule is Cc1ccc(C2=NN[C@@H](c3ccc(Cl)cc3Cl)S2)cc1. The van der Waals surface area contributed by atoms with E-state index in [-0.39, 0.29) is 5.37 Å². The lowest BCUT2D eigenvalue weighted by atomic mass is 10.2. The zero-order chi connectivity index (χ0) is 14.1. The molecule has 0 saturated heterocycles. The van der Waals surface area contributed by atoms with Gasteiger partial charge in [-0.05, 0) is 19.1 Å². The van der Waals surface area contributed by atoms with Crippen LogP contribution < -0.4 is 5.43 Å². The van der Waals surface area contributed by atoms with Gasteiger partial charge in [0.25, 0.3) is 0 Å². The van der Waals surface area contributed by atoms with E-state index in [1.54, 1.807) is 17.8 Å². The number of hydrogen-bond acceptors (Lipinski definition) is 3. The fourth-order valence-electron chi connectivity index (χ4n) is 1.96. The molecule has 1 N–H and O–H groups in total. The van der Waals surface area contributed by atoms with Crippen molar-refractivity contribution in [2.75, 3.05) is 0 Å². The third-order valence-corrected chi connectivity index (χ3v) is 4.76. The second-order valence-electron chi connectivity index (χ2n) is 4.58. The molecule has 20 heavy (non-hydrogen) atoms. The summed E-state index contributed by atoms with van der Waals surface area (Å²) in [6, 6.07) is 13.9. The maximum absolute atomic E-state index is 6.24. The van der Waals surface area contributed by atoms with Crippen molar-refractivity contribution >= 4 is 40.0 Å². The predicted molar refractivity (Wildman–Crippen MR) is 87.6 cm³/mol. The molecular weight excluding hydrogens is 311 g/mol. The van der Waals surface area contributed by atoms with Crippen molar-refractivity contribution in [1.29, 1.82) is 0 Å². The molecule has 102 valence electrons. The molecule has 2 aromatic rings. The van der Waals surface area contributed by atoms with Crippen LogP contribution in [0.3, 0.4) is 0 Å². The van der Waals surface area contributed by atoms with Crippen molar-refractivity contribution in [2.45, 2.75) is 12.3 Å². The molecule has 1 heterocycles. The topological polar surface area (TPSA) is 24.4 Å². The van der Waals surface area contributed by atoms with Crippen molar-refractivity contribution in [3.8, 4) is 0 Å². The van der Waals surface area contributed by atoms with Gasteiger partial charge in [0.2, 0.25) is 0 Å². The first-order valence-electron chi connectivity index (χ1n) is 6.15. The van der Waals surface area contributed by atoms with Crippen LogP contribution in [0.4, 0.5) is 0 Å². The highest BCUT2D eigenvalue weighted by atomic mass is 35.5. The molecular formula is C15H12Cl2N2S. The Labute approximate surface area is 132 Å². The Hall–Kier alpha value is -1.16. The van der Waals surface area contributed by atoms with Crippen LogP contribution in [0.25, 0.3) is 0 Å². The van der Waals surface area contributed by atoms with Crippen LogP contribution in [0.2, 0.25) is 10.0 Å². The molecule has 0 spiro atoms. The summed E-state index contributed by atoms with van der Waals surface area (Å²) in [7, 11) is 0. The summed E-state index contributed by atoms with van der Waals surface area (Å²) in [6.45, 7) is 2.07. The van der Waals surface area contributed by atoms with E-state index < -0.39 is 0 Å². The molecule has 0 radical (unpaired) electrons. The van der Waals surface area contributed by atoms with E-state index in [1.165, 1.54) is 5.56 Å². The molecule has 0 saturated carbocycles. The van der Waals surface area contributed by atoms with E-state index in [2.05, 4.69) is 41.7 Å². The van der Waals surface area contributed by atoms with Crippen LogP contribution in [-0.2, 0) is 0 Å². The first-order valence-corrected chi connectivity index (χ1v) is 7.79. The first kappa shape index (κ1) is 13.8. The predicted octanol–water partition coefficient (Wildman–Crippen LogP) is 5.00. The Morgan fingerprint density at radius 1 is 1.10 bits per heavy atom. The van der Waals surface area contributed by atoms with E-state index >= 15 is 0 Å². The number of benzene rings is 2. The fraction of sp³-hybridized carbons (Fsp3) is 0.133. The number of nitrogens with one attached hydrogen (secondary N) is 1. The molecule has 1 atom stereocenters. The van der Waals surface area contributed by atoms with Crippen LogP contribution in [0, 0.1) is 6.92 Å². The summed E-state index contributed by atoms with van der Waals surface area (Å²) in [5.74, 6) is 0. The van der Waals surface area contributed by atoms with Gasteiger partial charge in [0.1, 0.15) is 10.4 Å². The van der Waals surface area contributed by atoms with Crippen LogP contribution in [0.1, 0.15) is 22.1 Å². The van der Waals surface area contributed by atoms with Crippen molar-refractivity contribution in [2.24, 2.45) is 5.10 Å². The van der Waals surface area contributed by atoms with E-state index in [4.69, 9.17) is 23.2 Å². The monoisotopic (exact) mass is 322 g/mol. The maximum Gasteiger partial charge on any atom is 0.126 e. The highest BCUT2D eigenvalue weighted by Gasteiger charge is 2.23. The summed E-state index contributed by atoms with van der Waals surface area (Å²) in [6.07, 6.45) is 0. The van der Waals surface area contributed by atoms with Gasteiger partial charge in [-0.25, -0.2) is 0 Å². The van der Waals surface area contributed by atoms with E-state index in [0.29, 0.717) is 10.0 Å². The summed E-state index contributed by atoms with van der Waals surface area (Å²) in [5.41, 5.74) is 6.46. The lowest BCUT2D eigenvalue weighted by Gasteiger charge is -2.11. The number of rotatable bonds is 2. The Kier molecular flexibility index (Phi) is 3.92. The molecule has 0 aliphatic carbocycles. The zero-order valence-electron chi connectivity index (χ0n) is 10.7. The van der Waals surface area contributed by atoms with Gasteiger partial charge in [0.05, 0.1) is 0 Å². The molecule has 0 unspecified atom stereocenters. The molecule has 2 nitrogen and oxygen atoms in total. The third kappa shape index (κ3) is 2.80. The van der Waals surface area contributed by atoms with Gasteiger partial charge in [-0.2, -0.15) is 5.10 Å². The number of hydrazone groups is 1. The maximum atomic E-state index is 6.24. The van der Waals surface area contributed by atoms with Gasteiger partial charge < -0.3 is 0 Å². The highest BCUT2D eigenvalue weighted by molar-refractivity contribution is 8.14.